The largest absolute Gasteiger partial charge is 0.494 e. The Morgan fingerprint density at radius 3 is 2.75 bits per heavy atom. The van der Waals surface area contributed by atoms with Gasteiger partial charge in [-0.2, -0.15) is 0 Å². The van der Waals surface area contributed by atoms with Gasteiger partial charge in [0.15, 0.2) is 5.17 Å². The van der Waals surface area contributed by atoms with Gasteiger partial charge in [-0.25, -0.2) is 9.79 Å². The standard InChI is InChI=1S/C21H20N2O4S/c1-2-3-11-27-17-9-7-14(8-10-17)12-18-19(24)23-21(28-18)22-16-6-4-5-15(13-16)20(25)26/h4-10,12-13H,2-3,11H2,1H3,(H,25,26)(H,22,23,24)/b18-12+. The van der Waals surface area contributed by atoms with Gasteiger partial charge >= 0.3 is 5.97 Å². The number of hydrogen-bond acceptors (Lipinski definition) is 5. The van der Waals surface area contributed by atoms with Crippen molar-refractivity contribution in [3.8, 4) is 5.75 Å². The molecular formula is C21H20N2O4S. The van der Waals surface area contributed by atoms with Crippen LogP contribution in [-0.4, -0.2) is 28.8 Å². The van der Waals surface area contributed by atoms with Gasteiger partial charge in [0.05, 0.1) is 22.8 Å². The molecule has 6 nitrogen and oxygen atoms in total. The van der Waals surface area contributed by atoms with Crippen LogP contribution in [0.15, 0.2) is 58.4 Å². The number of nitrogens with zero attached hydrogens (tertiary/aromatic N) is 1. The van der Waals surface area contributed by atoms with Gasteiger partial charge in [0.2, 0.25) is 0 Å². The minimum Gasteiger partial charge on any atom is -0.494 e. The van der Waals surface area contributed by atoms with Crippen LogP contribution in [0, 0.1) is 0 Å². The van der Waals surface area contributed by atoms with Crippen LogP contribution in [0.2, 0.25) is 0 Å². The van der Waals surface area contributed by atoms with Crippen molar-refractivity contribution in [1.29, 1.82) is 0 Å². The summed E-state index contributed by atoms with van der Waals surface area (Å²) in [4.78, 5) is 28.1. The number of ether oxygens (including phenoxy) is 1. The lowest BCUT2D eigenvalue weighted by Gasteiger charge is -2.05. The monoisotopic (exact) mass is 396 g/mol. The Hall–Kier alpha value is -3.06. The number of aromatic carboxylic acids is 1. The van der Waals surface area contributed by atoms with Gasteiger partial charge in [0.25, 0.3) is 5.91 Å². The fraction of sp³-hybridized carbons (Fsp3) is 0.190. The number of aliphatic imine (C=N–C) groups is 1. The van der Waals surface area contributed by atoms with Crippen LogP contribution in [0.25, 0.3) is 6.08 Å². The summed E-state index contributed by atoms with van der Waals surface area (Å²) in [6, 6.07) is 13.8. The lowest BCUT2D eigenvalue weighted by Crippen LogP contribution is -2.19. The second kappa shape index (κ2) is 9.23. The highest BCUT2D eigenvalue weighted by molar-refractivity contribution is 8.18. The number of unbranched alkanes of at least 4 members (excludes halogenated alkanes) is 1. The van der Waals surface area contributed by atoms with E-state index in [1.54, 1.807) is 18.2 Å². The smallest absolute Gasteiger partial charge is 0.335 e. The second-order valence-corrected chi connectivity index (χ2v) is 7.14. The van der Waals surface area contributed by atoms with E-state index < -0.39 is 5.97 Å². The Morgan fingerprint density at radius 2 is 2.04 bits per heavy atom. The van der Waals surface area contributed by atoms with Gasteiger partial charge in [-0.15, -0.1) is 0 Å². The van der Waals surface area contributed by atoms with Crippen LogP contribution in [0.1, 0.15) is 35.7 Å². The Kier molecular flexibility index (Phi) is 6.49. The number of amidine groups is 1. The molecule has 0 atom stereocenters. The molecule has 2 N–H and O–H groups in total. The van der Waals surface area contributed by atoms with Crippen LogP contribution in [0.3, 0.4) is 0 Å². The molecular weight excluding hydrogens is 376 g/mol. The topological polar surface area (TPSA) is 88.0 Å². The molecule has 1 amide bonds. The predicted octanol–water partition coefficient (Wildman–Crippen LogP) is 4.46. The van der Waals surface area contributed by atoms with Gasteiger partial charge < -0.3 is 15.2 Å². The quantitative estimate of drug-likeness (QED) is 0.533. The van der Waals surface area contributed by atoms with Crippen molar-refractivity contribution in [2.75, 3.05) is 6.61 Å². The zero-order chi connectivity index (χ0) is 19.9. The SMILES string of the molecule is CCCCOc1ccc(/C=C2/SC(=Nc3cccc(C(=O)O)c3)NC2=O)cc1. The van der Waals surface area contributed by atoms with Crippen molar-refractivity contribution in [1.82, 2.24) is 5.32 Å². The van der Waals surface area contributed by atoms with Crippen LogP contribution in [0.4, 0.5) is 5.69 Å². The van der Waals surface area contributed by atoms with E-state index in [0.717, 1.165) is 24.2 Å². The van der Waals surface area contributed by atoms with Gasteiger partial charge in [0, 0.05) is 0 Å². The van der Waals surface area contributed by atoms with E-state index in [4.69, 9.17) is 9.84 Å². The number of amides is 1. The Bertz CT molecular complexity index is 936. The third-order valence-electron chi connectivity index (χ3n) is 3.92. The number of thioether (sulfide) groups is 1. The molecule has 0 radical (unpaired) electrons. The number of carboxylic acids is 1. The number of rotatable bonds is 7. The third kappa shape index (κ3) is 5.23. The fourth-order valence-electron chi connectivity index (χ4n) is 2.45. The molecule has 1 fully saturated rings. The summed E-state index contributed by atoms with van der Waals surface area (Å²) in [5.74, 6) is -0.450. The summed E-state index contributed by atoms with van der Waals surface area (Å²) in [5, 5.41) is 12.2. The minimum atomic E-state index is -1.02. The third-order valence-corrected chi connectivity index (χ3v) is 4.83. The van der Waals surface area contributed by atoms with Crippen molar-refractivity contribution in [3.63, 3.8) is 0 Å². The maximum Gasteiger partial charge on any atom is 0.335 e. The van der Waals surface area contributed by atoms with E-state index in [9.17, 15) is 9.59 Å². The zero-order valence-electron chi connectivity index (χ0n) is 15.3. The Labute approximate surface area is 167 Å². The second-order valence-electron chi connectivity index (χ2n) is 6.11. The highest BCUT2D eigenvalue weighted by Gasteiger charge is 2.23. The molecule has 2 aromatic rings. The number of benzene rings is 2. The fourth-order valence-corrected chi connectivity index (χ4v) is 3.29. The van der Waals surface area contributed by atoms with E-state index in [-0.39, 0.29) is 11.5 Å². The van der Waals surface area contributed by atoms with Crippen molar-refractivity contribution >= 4 is 40.6 Å². The van der Waals surface area contributed by atoms with Gasteiger partial charge in [-0.3, -0.25) is 4.79 Å². The van der Waals surface area contributed by atoms with E-state index in [2.05, 4.69) is 17.2 Å². The first kappa shape index (κ1) is 19.7. The summed E-state index contributed by atoms with van der Waals surface area (Å²) >= 11 is 1.22. The summed E-state index contributed by atoms with van der Waals surface area (Å²) in [7, 11) is 0. The molecule has 1 heterocycles. The van der Waals surface area contributed by atoms with Crippen LogP contribution >= 0.6 is 11.8 Å². The van der Waals surface area contributed by atoms with Gasteiger partial charge in [-0.1, -0.05) is 31.5 Å². The number of carbonyl (C=O) groups excluding carboxylic acids is 1. The minimum absolute atomic E-state index is 0.146. The summed E-state index contributed by atoms with van der Waals surface area (Å²) in [6.07, 6.45) is 3.88. The molecule has 144 valence electrons. The molecule has 0 unspecified atom stereocenters. The number of carboxylic acid groups (broad SMARTS) is 1. The molecule has 7 heteroatoms. The molecule has 2 aromatic carbocycles. The van der Waals surface area contributed by atoms with E-state index >= 15 is 0 Å². The average Bonchev–Trinajstić information content (AvgIpc) is 3.02. The van der Waals surface area contributed by atoms with Crippen molar-refractivity contribution < 1.29 is 19.4 Å². The van der Waals surface area contributed by atoms with Gasteiger partial charge in [-0.05, 0) is 60.2 Å². The summed E-state index contributed by atoms with van der Waals surface area (Å²) in [6.45, 7) is 2.81. The molecule has 0 aliphatic carbocycles. The lowest BCUT2D eigenvalue weighted by molar-refractivity contribution is -0.115. The predicted molar refractivity (Wildman–Crippen MR) is 111 cm³/mol. The van der Waals surface area contributed by atoms with Crippen molar-refractivity contribution in [2.24, 2.45) is 4.99 Å². The molecule has 1 aliphatic rings. The maximum absolute atomic E-state index is 12.2. The first-order valence-corrected chi connectivity index (χ1v) is 9.72. The molecule has 0 spiro atoms. The molecule has 0 bridgehead atoms. The molecule has 1 aliphatic heterocycles. The molecule has 3 rings (SSSR count). The number of carbonyl (C=O) groups is 2. The number of nitrogens with one attached hydrogen (secondary N) is 1. The maximum atomic E-state index is 12.2. The molecule has 1 saturated heterocycles. The summed E-state index contributed by atoms with van der Waals surface area (Å²) in [5.41, 5.74) is 1.50. The summed E-state index contributed by atoms with van der Waals surface area (Å²) < 4.78 is 5.64. The first-order chi connectivity index (χ1) is 13.5. The van der Waals surface area contributed by atoms with E-state index in [0.29, 0.717) is 22.4 Å². The number of hydrogen-bond donors (Lipinski definition) is 2. The van der Waals surface area contributed by atoms with Gasteiger partial charge in [0.1, 0.15) is 5.75 Å². The average molecular weight is 396 g/mol. The van der Waals surface area contributed by atoms with Crippen LogP contribution < -0.4 is 10.1 Å². The van der Waals surface area contributed by atoms with Crippen LogP contribution in [-0.2, 0) is 4.79 Å². The zero-order valence-corrected chi connectivity index (χ0v) is 16.2. The van der Waals surface area contributed by atoms with Crippen molar-refractivity contribution in [3.05, 3.63) is 64.6 Å². The molecule has 28 heavy (non-hydrogen) atoms. The highest BCUT2D eigenvalue weighted by atomic mass is 32.2. The van der Waals surface area contributed by atoms with E-state index in [1.807, 2.05) is 24.3 Å². The van der Waals surface area contributed by atoms with Crippen LogP contribution in [0.5, 0.6) is 5.75 Å². The Balaban J connectivity index is 1.70. The Morgan fingerprint density at radius 1 is 1.25 bits per heavy atom. The normalized spacial score (nSPS) is 16.4. The first-order valence-electron chi connectivity index (χ1n) is 8.91. The highest BCUT2D eigenvalue weighted by Crippen LogP contribution is 2.28. The van der Waals surface area contributed by atoms with E-state index in [1.165, 1.54) is 23.9 Å². The van der Waals surface area contributed by atoms with Crippen molar-refractivity contribution in [2.45, 2.75) is 19.8 Å². The molecule has 0 aromatic heterocycles. The lowest BCUT2D eigenvalue weighted by atomic mass is 10.2. The molecule has 0 saturated carbocycles.